The van der Waals surface area contributed by atoms with Gasteiger partial charge in [-0.25, -0.2) is 0 Å². The predicted molar refractivity (Wildman–Crippen MR) is 71.8 cm³/mol. The fourth-order valence-corrected chi connectivity index (χ4v) is 2.50. The first kappa shape index (κ1) is 12.1. The van der Waals surface area contributed by atoms with Crippen LogP contribution in [0.15, 0.2) is 22.9 Å². The highest BCUT2D eigenvalue weighted by Gasteiger charge is 2.25. The summed E-state index contributed by atoms with van der Waals surface area (Å²) >= 11 is 2.51. The summed E-state index contributed by atoms with van der Waals surface area (Å²) in [5, 5.41) is 0. The number of hydrogen-bond acceptors (Lipinski definition) is 1. The third-order valence-electron chi connectivity index (χ3n) is 2.79. The van der Waals surface area contributed by atoms with Crippen molar-refractivity contribution in [2.75, 3.05) is 13.6 Å². The zero-order valence-electron chi connectivity index (χ0n) is 9.82. The van der Waals surface area contributed by atoms with Crippen LogP contribution in [-0.4, -0.2) is 21.9 Å². The SMILES string of the molecule is CCC1=C(C)C=C(C(C)(C)I)N(C)C1. The fourth-order valence-electron chi connectivity index (χ4n) is 1.93. The number of halogens is 1. The van der Waals surface area contributed by atoms with Crippen LogP contribution in [0, 0.1) is 0 Å². The molecular formula is C12H20IN. The molecule has 0 amide bonds. The van der Waals surface area contributed by atoms with Crippen LogP contribution in [0.5, 0.6) is 0 Å². The maximum atomic E-state index is 2.51. The molecule has 0 aliphatic carbocycles. The Bertz CT molecular complexity index is 281. The summed E-state index contributed by atoms with van der Waals surface area (Å²) in [5.74, 6) is 0. The summed E-state index contributed by atoms with van der Waals surface area (Å²) in [7, 11) is 2.19. The van der Waals surface area contributed by atoms with E-state index < -0.39 is 0 Å². The minimum absolute atomic E-state index is 0.229. The molecule has 1 heterocycles. The molecule has 0 aromatic heterocycles. The molecule has 0 aromatic carbocycles. The van der Waals surface area contributed by atoms with Gasteiger partial charge >= 0.3 is 0 Å². The van der Waals surface area contributed by atoms with Crippen molar-refractivity contribution in [3.05, 3.63) is 22.9 Å². The van der Waals surface area contributed by atoms with Crippen molar-refractivity contribution in [2.45, 2.75) is 37.5 Å². The number of allylic oxidation sites excluding steroid dienone is 3. The Morgan fingerprint density at radius 1 is 1.50 bits per heavy atom. The molecule has 2 heteroatoms. The molecule has 1 nitrogen and oxygen atoms in total. The maximum Gasteiger partial charge on any atom is 0.0562 e. The molecule has 0 radical (unpaired) electrons. The Morgan fingerprint density at radius 3 is 2.50 bits per heavy atom. The van der Waals surface area contributed by atoms with Crippen molar-refractivity contribution in [2.24, 2.45) is 0 Å². The molecule has 0 N–H and O–H groups in total. The van der Waals surface area contributed by atoms with Gasteiger partial charge < -0.3 is 4.90 Å². The summed E-state index contributed by atoms with van der Waals surface area (Å²) in [6.07, 6.45) is 3.51. The summed E-state index contributed by atoms with van der Waals surface area (Å²) < 4.78 is 0.229. The molecule has 0 fully saturated rings. The van der Waals surface area contributed by atoms with E-state index in [1.165, 1.54) is 17.7 Å². The molecule has 0 bridgehead atoms. The van der Waals surface area contributed by atoms with Gasteiger partial charge in [0.1, 0.15) is 0 Å². The van der Waals surface area contributed by atoms with Crippen LogP contribution in [0.3, 0.4) is 0 Å². The molecule has 0 atom stereocenters. The Hall–Kier alpha value is 0.01000. The highest BCUT2D eigenvalue weighted by molar-refractivity contribution is 14.1. The lowest BCUT2D eigenvalue weighted by molar-refractivity contribution is 0.408. The van der Waals surface area contributed by atoms with Crippen LogP contribution >= 0.6 is 22.6 Å². The molecule has 0 spiro atoms. The largest absolute Gasteiger partial charge is 0.373 e. The number of rotatable bonds is 2. The highest BCUT2D eigenvalue weighted by Crippen LogP contribution is 2.33. The lowest BCUT2D eigenvalue weighted by Crippen LogP contribution is -2.33. The molecule has 0 saturated carbocycles. The normalized spacial score (nSPS) is 18.7. The quantitative estimate of drug-likeness (QED) is 0.555. The van der Waals surface area contributed by atoms with Crippen LogP contribution in [0.2, 0.25) is 0 Å². The van der Waals surface area contributed by atoms with Gasteiger partial charge in [0, 0.05) is 19.3 Å². The van der Waals surface area contributed by atoms with E-state index in [1.807, 2.05) is 0 Å². The Balaban J connectivity index is 3.04. The Labute approximate surface area is 101 Å². The molecule has 0 saturated heterocycles. The van der Waals surface area contributed by atoms with Crippen molar-refractivity contribution >= 4 is 22.6 Å². The zero-order valence-corrected chi connectivity index (χ0v) is 12.0. The number of hydrogen-bond donors (Lipinski definition) is 0. The third kappa shape index (κ3) is 2.53. The maximum absolute atomic E-state index is 2.51. The first-order valence-electron chi connectivity index (χ1n) is 5.17. The van der Waals surface area contributed by atoms with Gasteiger partial charge in [-0.05, 0) is 44.4 Å². The minimum atomic E-state index is 0.229. The van der Waals surface area contributed by atoms with Crippen molar-refractivity contribution in [3.63, 3.8) is 0 Å². The lowest BCUT2D eigenvalue weighted by atomic mass is 9.97. The first-order valence-corrected chi connectivity index (χ1v) is 6.25. The van der Waals surface area contributed by atoms with E-state index in [9.17, 15) is 0 Å². The van der Waals surface area contributed by atoms with E-state index in [-0.39, 0.29) is 3.42 Å². The van der Waals surface area contributed by atoms with Crippen LogP contribution in [0.25, 0.3) is 0 Å². The van der Waals surface area contributed by atoms with Crippen LogP contribution in [0.4, 0.5) is 0 Å². The second-order valence-corrected chi connectivity index (χ2v) is 7.20. The summed E-state index contributed by atoms with van der Waals surface area (Å²) in [5.41, 5.74) is 4.47. The molecule has 1 aliphatic rings. The average molecular weight is 305 g/mol. The highest BCUT2D eigenvalue weighted by atomic mass is 127. The third-order valence-corrected chi connectivity index (χ3v) is 3.34. The molecule has 1 aliphatic heterocycles. The topological polar surface area (TPSA) is 3.24 Å². The predicted octanol–water partition coefficient (Wildman–Crippen LogP) is 3.76. The van der Waals surface area contributed by atoms with Gasteiger partial charge in [0.15, 0.2) is 0 Å². The molecule has 1 rings (SSSR count). The molecule has 14 heavy (non-hydrogen) atoms. The van der Waals surface area contributed by atoms with Gasteiger partial charge in [-0.3, -0.25) is 0 Å². The second-order valence-electron chi connectivity index (χ2n) is 4.50. The first-order chi connectivity index (χ1) is 6.36. The monoisotopic (exact) mass is 305 g/mol. The van der Waals surface area contributed by atoms with Gasteiger partial charge in [0.05, 0.1) is 3.42 Å². The van der Waals surface area contributed by atoms with E-state index in [2.05, 4.69) is 68.3 Å². The van der Waals surface area contributed by atoms with Crippen LogP contribution in [0.1, 0.15) is 34.1 Å². The van der Waals surface area contributed by atoms with Gasteiger partial charge in [0.25, 0.3) is 0 Å². The molecule has 80 valence electrons. The van der Waals surface area contributed by atoms with E-state index in [0.29, 0.717) is 0 Å². The van der Waals surface area contributed by atoms with Gasteiger partial charge in [-0.15, -0.1) is 0 Å². The lowest BCUT2D eigenvalue weighted by Gasteiger charge is -2.35. The smallest absolute Gasteiger partial charge is 0.0562 e. The standard InChI is InChI=1S/C12H20IN/c1-6-10-8-14(5)11(7-9(10)2)12(3,4)13/h7H,6,8H2,1-5H3. The van der Waals surface area contributed by atoms with Gasteiger partial charge in [0.2, 0.25) is 0 Å². The molecular weight excluding hydrogens is 285 g/mol. The van der Waals surface area contributed by atoms with Crippen LogP contribution in [-0.2, 0) is 0 Å². The Kier molecular flexibility index (Phi) is 3.67. The summed E-state index contributed by atoms with van der Waals surface area (Å²) in [4.78, 5) is 2.37. The summed E-state index contributed by atoms with van der Waals surface area (Å²) in [6.45, 7) is 10.1. The number of nitrogens with zero attached hydrogens (tertiary/aromatic N) is 1. The van der Waals surface area contributed by atoms with Crippen molar-refractivity contribution < 1.29 is 0 Å². The van der Waals surface area contributed by atoms with E-state index in [0.717, 1.165) is 6.54 Å². The Morgan fingerprint density at radius 2 is 2.07 bits per heavy atom. The van der Waals surface area contributed by atoms with Gasteiger partial charge in [-0.1, -0.05) is 29.5 Å². The number of likely N-dealkylation sites (N-methyl/N-ethyl adjacent to an activating group) is 1. The zero-order chi connectivity index (χ0) is 10.9. The van der Waals surface area contributed by atoms with Crippen molar-refractivity contribution in [3.8, 4) is 0 Å². The van der Waals surface area contributed by atoms with Crippen molar-refractivity contribution in [1.82, 2.24) is 4.90 Å². The van der Waals surface area contributed by atoms with Crippen LogP contribution < -0.4 is 0 Å². The molecule has 0 aromatic rings. The van der Waals surface area contributed by atoms with E-state index in [4.69, 9.17) is 0 Å². The number of alkyl halides is 1. The van der Waals surface area contributed by atoms with E-state index in [1.54, 1.807) is 5.57 Å². The average Bonchev–Trinajstić information content (AvgIpc) is 2.06. The van der Waals surface area contributed by atoms with E-state index >= 15 is 0 Å². The van der Waals surface area contributed by atoms with Crippen molar-refractivity contribution in [1.29, 1.82) is 0 Å². The van der Waals surface area contributed by atoms with Gasteiger partial charge in [-0.2, -0.15) is 0 Å². The molecule has 0 unspecified atom stereocenters. The summed E-state index contributed by atoms with van der Waals surface area (Å²) in [6, 6.07) is 0. The fraction of sp³-hybridized carbons (Fsp3) is 0.667. The minimum Gasteiger partial charge on any atom is -0.373 e. The second kappa shape index (κ2) is 4.25.